The first-order chi connectivity index (χ1) is 8.43. The van der Waals surface area contributed by atoms with E-state index in [4.69, 9.17) is 0 Å². The maximum absolute atomic E-state index is 13.5. The number of hydrogen-bond acceptors (Lipinski definition) is 1. The van der Waals surface area contributed by atoms with Crippen molar-refractivity contribution in [2.24, 2.45) is 5.92 Å². The Hall–Kier alpha value is -0.900. The predicted octanol–water partition coefficient (Wildman–Crippen LogP) is 4.14. The van der Waals surface area contributed by atoms with Crippen molar-refractivity contribution in [1.82, 2.24) is 5.32 Å². The zero-order valence-corrected chi connectivity index (χ0v) is 12.6. The molecule has 0 radical (unpaired) electrons. The van der Waals surface area contributed by atoms with Crippen LogP contribution in [-0.2, 0) is 0 Å². The van der Waals surface area contributed by atoms with Crippen LogP contribution < -0.4 is 5.32 Å². The lowest BCUT2D eigenvalue weighted by atomic mass is 10.00. The summed E-state index contributed by atoms with van der Waals surface area (Å²) in [7, 11) is 0. The summed E-state index contributed by atoms with van der Waals surface area (Å²) >= 11 is 3.24. The Morgan fingerprint density at radius 1 is 1.44 bits per heavy atom. The Morgan fingerprint density at radius 2 is 2.11 bits per heavy atom. The van der Waals surface area contributed by atoms with E-state index in [0.29, 0.717) is 10.4 Å². The van der Waals surface area contributed by atoms with Gasteiger partial charge in [0.15, 0.2) is 0 Å². The normalized spacial score (nSPS) is 14.1. The number of carbonyl (C=O) groups is 1. The number of nitrogens with one attached hydrogen (secondary N) is 1. The number of hydrogen-bond donors (Lipinski definition) is 1. The van der Waals surface area contributed by atoms with Crippen LogP contribution in [0.25, 0.3) is 0 Å². The Kier molecular flexibility index (Phi) is 5.79. The van der Waals surface area contributed by atoms with Gasteiger partial charge in [-0.15, -0.1) is 0 Å². The first kappa shape index (κ1) is 15.2. The van der Waals surface area contributed by atoms with Crippen molar-refractivity contribution in [2.45, 2.75) is 39.7 Å². The third-order valence-corrected chi connectivity index (χ3v) is 3.50. The zero-order chi connectivity index (χ0) is 13.7. The highest BCUT2D eigenvalue weighted by molar-refractivity contribution is 9.10. The second kappa shape index (κ2) is 6.88. The van der Waals surface area contributed by atoms with E-state index >= 15 is 0 Å². The maximum atomic E-state index is 13.5. The zero-order valence-electron chi connectivity index (χ0n) is 11.0. The minimum atomic E-state index is -0.494. The van der Waals surface area contributed by atoms with E-state index < -0.39 is 5.82 Å². The van der Waals surface area contributed by atoms with Crippen molar-refractivity contribution in [3.05, 3.63) is 34.1 Å². The third-order valence-electron chi connectivity index (χ3n) is 3.00. The Labute approximate surface area is 116 Å². The molecule has 0 aromatic heterocycles. The summed E-state index contributed by atoms with van der Waals surface area (Å²) in [6, 6.07) is 4.42. The largest absolute Gasteiger partial charge is 0.349 e. The molecule has 0 saturated carbocycles. The van der Waals surface area contributed by atoms with Gasteiger partial charge < -0.3 is 5.32 Å². The first-order valence-electron chi connectivity index (χ1n) is 6.20. The summed E-state index contributed by atoms with van der Waals surface area (Å²) in [5.41, 5.74) is 0.0837. The number of benzene rings is 1. The molecule has 0 spiro atoms. The van der Waals surface area contributed by atoms with E-state index in [2.05, 4.69) is 35.1 Å². The smallest absolute Gasteiger partial charge is 0.254 e. The average molecular weight is 316 g/mol. The highest BCUT2D eigenvalue weighted by Crippen LogP contribution is 2.16. The molecule has 1 rings (SSSR count). The van der Waals surface area contributed by atoms with Gasteiger partial charge in [0, 0.05) is 10.5 Å². The minimum Gasteiger partial charge on any atom is -0.349 e. The summed E-state index contributed by atoms with van der Waals surface area (Å²) in [5, 5.41) is 2.83. The molecule has 18 heavy (non-hydrogen) atoms. The first-order valence-corrected chi connectivity index (χ1v) is 6.99. The average Bonchev–Trinajstić information content (AvgIpc) is 2.31. The summed E-state index contributed by atoms with van der Waals surface area (Å²) in [5.74, 6) is -0.302. The van der Waals surface area contributed by atoms with Gasteiger partial charge in [0.2, 0.25) is 0 Å². The van der Waals surface area contributed by atoms with E-state index in [1.165, 1.54) is 12.1 Å². The molecule has 1 amide bonds. The lowest BCUT2D eigenvalue weighted by Crippen LogP contribution is -2.34. The van der Waals surface area contributed by atoms with Crippen molar-refractivity contribution >= 4 is 21.8 Å². The van der Waals surface area contributed by atoms with Gasteiger partial charge in [0.25, 0.3) is 5.91 Å². The molecular weight excluding hydrogens is 297 g/mol. The van der Waals surface area contributed by atoms with Gasteiger partial charge in [-0.1, -0.05) is 36.2 Å². The van der Waals surface area contributed by atoms with E-state index in [1.54, 1.807) is 6.07 Å². The summed E-state index contributed by atoms with van der Waals surface area (Å²) in [6.07, 6.45) is 1.98. The Bertz CT molecular complexity index is 422. The third kappa shape index (κ3) is 4.41. The molecule has 2 unspecified atom stereocenters. The fourth-order valence-corrected chi connectivity index (χ4v) is 2.16. The fourth-order valence-electron chi connectivity index (χ4n) is 1.80. The van der Waals surface area contributed by atoms with E-state index in [-0.39, 0.29) is 17.5 Å². The van der Waals surface area contributed by atoms with Crippen LogP contribution in [0.15, 0.2) is 22.7 Å². The minimum absolute atomic E-state index is 0.0471. The van der Waals surface area contributed by atoms with Gasteiger partial charge in [-0.25, -0.2) is 4.39 Å². The molecule has 0 bridgehead atoms. The van der Waals surface area contributed by atoms with E-state index in [9.17, 15) is 9.18 Å². The van der Waals surface area contributed by atoms with Crippen LogP contribution in [0.4, 0.5) is 4.39 Å². The molecule has 100 valence electrons. The quantitative estimate of drug-likeness (QED) is 0.869. The highest BCUT2D eigenvalue weighted by atomic mass is 79.9. The lowest BCUT2D eigenvalue weighted by Gasteiger charge is -2.17. The van der Waals surface area contributed by atoms with Crippen molar-refractivity contribution in [3.63, 3.8) is 0 Å². The van der Waals surface area contributed by atoms with Crippen molar-refractivity contribution in [2.75, 3.05) is 0 Å². The summed E-state index contributed by atoms with van der Waals surface area (Å²) in [4.78, 5) is 11.9. The fraction of sp³-hybridized carbons (Fsp3) is 0.500. The maximum Gasteiger partial charge on any atom is 0.254 e. The van der Waals surface area contributed by atoms with Crippen LogP contribution >= 0.6 is 15.9 Å². The number of amides is 1. The molecule has 1 aromatic carbocycles. The van der Waals surface area contributed by atoms with Gasteiger partial charge >= 0.3 is 0 Å². The molecule has 0 aliphatic rings. The highest BCUT2D eigenvalue weighted by Gasteiger charge is 2.15. The molecule has 0 aliphatic heterocycles. The summed E-state index contributed by atoms with van der Waals surface area (Å²) < 4.78 is 14.2. The second-order valence-corrected chi connectivity index (χ2v) is 5.66. The van der Waals surface area contributed by atoms with Gasteiger partial charge in [-0.05, 0) is 37.5 Å². The Morgan fingerprint density at radius 3 is 2.72 bits per heavy atom. The summed E-state index contributed by atoms with van der Waals surface area (Å²) in [6.45, 7) is 6.20. The molecule has 2 atom stereocenters. The molecule has 0 saturated heterocycles. The van der Waals surface area contributed by atoms with Gasteiger partial charge in [-0.2, -0.15) is 0 Å². The molecule has 2 nitrogen and oxygen atoms in total. The number of halogens is 2. The van der Waals surface area contributed by atoms with Crippen molar-refractivity contribution in [3.8, 4) is 0 Å². The van der Waals surface area contributed by atoms with Crippen LogP contribution in [0.3, 0.4) is 0 Å². The molecule has 0 fully saturated rings. The lowest BCUT2D eigenvalue weighted by molar-refractivity contribution is 0.0931. The van der Waals surface area contributed by atoms with Crippen LogP contribution in [0.2, 0.25) is 0 Å². The van der Waals surface area contributed by atoms with E-state index in [1.807, 2.05) is 6.92 Å². The number of carbonyl (C=O) groups excluding carboxylic acids is 1. The molecular formula is C14H19BrFNO. The van der Waals surface area contributed by atoms with Crippen molar-refractivity contribution in [1.29, 1.82) is 0 Å². The topological polar surface area (TPSA) is 29.1 Å². The molecule has 0 aliphatic carbocycles. The van der Waals surface area contributed by atoms with Crippen LogP contribution in [0, 0.1) is 11.7 Å². The molecule has 1 N–H and O–H groups in total. The molecule has 1 aromatic rings. The monoisotopic (exact) mass is 315 g/mol. The van der Waals surface area contributed by atoms with Crippen LogP contribution in [0.5, 0.6) is 0 Å². The second-order valence-electron chi connectivity index (χ2n) is 4.75. The van der Waals surface area contributed by atoms with Gasteiger partial charge in [0.1, 0.15) is 5.82 Å². The van der Waals surface area contributed by atoms with Gasteiger partial charge in [-0.3, -0.25) is 4.79 Å². The van der Waals surface area contributed by atoms with E-state index in [0.717, 1.165) is 12.8 Å². The molecule has 4 heteroatoms. The number of rotatable bonds is 5. The van der Waals surface area contributed by atoms with Crippen LogP contribution in [-0.4, -0.2) is 11.9 Å². The van der Waals surface area contributed by atoms with Gasteiger partial charge in [0.05, 0.1) is 5.56 Å². The SMILES string of the molecule is CCC(C)CC(C)NC(=O)c1cc(Br)ccc1F. The van der Waals surface area contributed by atoms with Crippen molar-refractivity contribution < 1.29 is 9.18 Å². The standard InChI is InChI=1S/C14H19BrFNO/c1-4-9(2)7-10(3)17-14(18)12-8-11(15)5-6-13(12)16/h5-6,8-10H,4,7H2,1-3H3,(H,17,18). The Balaban J connectivity index is 2.67. The predicted molar refractivity (Wildman–Crippen MR) is 75.1 cm³/mol. The molecule has 0 heterocycles. The van der Waals surface area contributed by atoms with Crippen LogP contribution in [0.1, 0.15) is 44.0 Å².